The molecule has 1 atom stereocenters. The largest absolute Gasteiger partial charge is 0.390 e. The fraction of sp³-hybridized carbons (Fsp3) is 0.533. The first-order chi connectivity index (χ1) is 10.2. The number of aliphatic hydroxyl groups is 1. The highest BCUT2D eigenvalue weighted by Crippen LogP contribution is 2.20. The number of nitrogens with zero attached hydrogens (tertiary/aromatic N) is 1. The molecule has 0 aliphatic rings. The van der Waals surface area contributed by atoms with Crippen LogP contribution in [0.3, 0.4) is 0 Å². The number of halogens is 3. The van der Waals surface area contributed by atoms with Gasteiger partial charge in [-0.2, -0.15) is 13.2 Å². The van der Waals surface area contributed by atoms with Gasteiger partial charge in [-0.25, -0.2) is 4.99 Å². The molecule has 0 aliphatic carbocycles. The number of aliphatic imine (C=N–C) groups is 1. The van der Waals surface area contributed by atoms with Crippen LogP contribution in [-0.4, -0.2) is 36.9 Å². The van der Waals surface area contributed by atoms with Gasteiger partial charge >= 0.3 is 6.18 Å². The van der Waals surface area contributed by atoms with Crippen LogP contribution in [0.15, 0.2) is 35.3 Å². The van der Waals surface area contributed by atoms with Crippen molar-refractivity contribution in [2.75, 3.05) is 19.6 Å². The molecule has 0 spiro atoms. The molecule has 1 rings (SSSR count). The number of benzene rings is 1. The summed E-state index contributed by atoms with van der Waals surface area (Å²) in [5.41, 5.74) is -0.488. The molecule has 0 aromatic heterocycles. The Morgan fingerprint density at radius 2 is 1.82 bits per heavy atom. The Labute approximate surface area is 128 Å². The van der Waals surface area contributed by atoms with E-state index >= 15 is 0 Å². The lowest BCUT2D eigenvalue weighted by Crippen LogP contribution is -2.40. The minimum Gasteiger partial charge on any atom is -0.384 e. The Morgan fingerprint density at radius 1 is 1.18 bits per heavy atom. The predicted octanol–water partition coefficient (Wildman–Crippen LogP) is 2.40. The zero-order valence-electron chi connectivity index (χ0n) is 12.7. The van der Waals surface area contributed by atoms with E-state index < -0.39 is 18.2 Å². The third-order valence-corrected chi connectivity index (χ3v) is 2.99. The minimum atomic E-state index is -4.21. The second-order valence-corrected chi connectivity index (χ2v) is 5.13. The number of alkyl halides is 3. The summed E-state index contributed by atoms with van der Waals surface area (Å²) in [7, 11) is 0. The van der Waals surface area contributed by atoms with Crippen molar-refractivity contribution < 1.29 is 18.3 Å². The van der Waals surface area contributed by atoms with Crippen LogP contribution in [0.4, 0.5) is 13.2 Å². The molecule has 0 radical (unpaired) electrons. The summed E-state index contributed by atoms with van der Waals surface area (Å²) in [4.78, 5) is 4.16. The van der Waals surface area contributed by atoms with E-state index in [-0.39, 0.29) is 19.0 Å². The molecule has 0 aliphatic heterocycles. The van der Waals surface area contributed by atoms with Gasteiger partial charge in [0, 0.05) is 13.1 Å². The van der Waals surface area contributed by atoms with Gasteiger partial charge in [-0.15, -0.1) is 0 Å². The molecule has 3 N–H and O–H groups in total. The number of rotatable bonds is 6. The SMILES string of the molecule is CCNC(=NCC(C)(O)c1ccccc1)NCCC(F)(F)F. The minimum absolute atomic E-state index is 0.0400. The van der Waals surface area contributed by atoms with Crippen LogP contribution in [0.1, 0.15) is 25.8 Å². The van der Waals surface area contributed by atoms with Crippen molar-refractivity contribution in [1.29, 1.82) is 0 Å². The molecule has 0 bridgehead atoms. The molecule has 0 saturated carbocycles. The maximum atomic E-state index is 12.1. The van der Waals surface area contributed by atoms with Crippen LogP contribution in [0.5, 0.6) is 0 Å². The fourth-order valence-electron chi connectivity index (χ4n) is 1.79. The smallest absolute Gasteiger partial charge is 0.384 e. The van der Waals surface area contributed by atoms with E-state index in [0.717, 1.165) is 0 Å². The van der Waals surface area contributed by atoms with Gasteiger partial charge in [0.2, 0.25) is 0 Å². The van der Waals surface area contributed by atoms with Crippen LogP contribution in [0, 0.1) is 0 Å². The van der Waals surface area contributed by atoms with Gasteiger partial charge in [-0.1, -0.05) is 30.3 Å². The van der Waals surface area contributed by atoms with Gasteiger partial charge in [0.05, 0.1) is 13.0 Å². The maximum absolute atomic E-state index is 12.1. The summed E-state index contributed by atoms with van der Waals surface area (Å²) in [6, 6.07) is 9.01. The molecular weight excluding hydrogens is 295 g/mol. The van der Waals surface area contributed by atoms with E-state index in [9.17, 15) is 18.3 Å². The fourth-order valence-corrected chi connectivity index (χ4v) is 1.79. The molecule has 124 valence electrons. The molecule has 0 saturated heterocycles. The monoisotopic (exact) mass is 317 g/mol. The number of guanidine groups is 1. The van der Waals surface area contributed by atoms with Gasteiger partial charge in [0.1, 0.15) is 5.60 Å². The van der Waals surface area contributed by atoms with Crippen molar-refractivity contribution in [2.24, 2.45) is 4.99 Å². The lowest BCUT2D eigenvalue weighted by Gasteiger charge is -2.22. The lowest BCUT2D eigenvalue weighted by molar-refractivity contribution is -0.132. The summed E-state index contributed by atoms with van der Waals surface area (Å²) in [6.07, 6.45) is -5.15. The number of hydrogen-bond acceptors (Lipinski definition) is 2. The van der Waals surface area contributed by atoms with Crippen molar-refractivity contribution in [2.45, 2.75) is 32.0 Å². The van der Waals surface area contributed by atoms with Crippen LogP contribution in [-0.2, 0) is 5.60 Å². The molecule has 0 heterocycles. The molecule has 7 heteroatoms. The zero-order valence-corrected chi connectivity index (χ0v) is 12.7. The van der Waals surface area contributed by atoms with E-state index in [1.54, 1.807) is 31.2 Å². The third-order valence-electron chi connectivity index (χ3n) is 2.99. The Bertz CT molecular complexity index is 473. The normalized spacial score (nSPS) is 15.3. The van der Waals surface area contributed by atoms with E-state index in [0.29, 0.717) is 12.1 Å². The van der Waals surface area contributed by atoms with Crippen molar-refractivity contribution in [1.82, 2.24) is 10.6 Å². The molecule has 0 fully saturated rings. The van der Waals surface area contributed by atoms with E-state index in [1.807, 2.05) is 13.0 Å². The summed E-state index contributed by atoms with van der Waals surface area (Å²) in [5, 5.41) is 15.9. The summed E-state index contributed by atoms with van der Waals surface area (Å²) >= 11 is 0. The number of nitrogens with one attached hydrogen (secondary N) is 2. The molecule has 4 nitrogen and oxygen atoms in total. The van der Waals surface area contributed by atoms with Crippen LogP contribution in [0.25, 0.3) is 0 Å². The maximum Gasteiger partial charge on any atom is 0.390 e. The molecular formula is C15H22F3N3O. The van der Waals surface area contributed by atoms with Crippen LogP contribution in [0.2, 0.25) is 0 Å². The van der Waals surface area contributed by atoms with Crippen molar-refractivity contribution in [3.05, 3.63) is 35.9 Å². The quantitative estimate of drug-likeness (QED) is 0.558. The van der Waals surface area contributed by atoms with Gasteiger partial charge in [0.15, 0.2) is 5.96 Å². The van der Waals surface area contributed by atoms with Gasteiger partial charge in [-0.3, -0.25) is 0 Å². The summed E-state index contributed by atoms with van der Waals surface area (Å²) in [5.74, 6) is 0.253. The van der Waals surface area contributed by atoms with Crippen molar-refractivity contribution in [3.8, 4) is 0 Å². The average Bonchev–Trinajstić information content (AvgIpc) is 2.44. The second-order valence-electron chi connectivity index (χ2n) is 5.13. The Kier molecular flexibility index (Phi) is 6.67. The highest BCUT2D eigenvalue weighted by molar-refractivity contribution is 5.79. The van der Waals surface area contributed by atoms with Gasteiger partial charge in [0.25, 0.3) is 0 Å². The first kappa shape index (κ1) is 18.3. The van der Waals surface area contributed by atoms with Crippen molar-refractivity contribution >= 4 is 5.96 Å². The summed E-state index contributed by atoms with van der Waals surface area (Å²) in [6.45, 7) is 3.73. The Morgan fingerprint density at radius 3 is 2.36 bits per heavy atom. The van der Waals surface area contributed by atoms with Crippen LogP contribution < -0.4 is 10.6 Å². The lowest BCUT2D eigenvalue weighted by atomic mass is 9.96. The first-order valence-electron chi connectivity index (χ1n) is 7.11. The number of hydrogen-bond donors (Lipinski definition) is 3. The predicted molar refractivity (Wildman–Crippen MR) is 80.7 cm³/mol. The highest BCUT2D eigenvalue weighted by atomic mass is 19.4. The zero-order chi connectivity index (χ0) is 16.6. The van der Waals surface area contributed by atoms with Gasteiger partial charge < -0.3 is 15.7 Å². The Balaban J connectivity index is 2.65. The summed E-state index contributed by atoms with van der Waals surface area (Å²) < 4.78 is 36.4. The molecule has 1 aromatic carbocycles. The molecule has 0 amide bonds. The Hall–Kier alpha value is -1.76. The highest BCUT2D eigenvalue weighted by Gasteiger charge is 2.26. The standard InChI is InChI=1S/C15H22F3N3O/c1-3-19-13(20-10-9-15(16,17)18)21-11-14(2,22)12-7-5-4-6-8-12/h4-8,22H,3,9-11H2,1-2H3,(H2,19,20,21). The molecule has 22 heavy (non-hydrogen) atoms. The van der Waals surface area contributed by atoms with E-state index in [2.05, 4.69) is 15.6 Å². The molecule has 1 aromatic rings. The van der Waals surface area contributed by atoms with Crippen molar-refractivity contribution in [3.63, 3.8) is 0 Å². The van der Waals surface area contributed by atoms with Crippen LogP contribution >= 0.6 is 0 Å². The van der Waals surface area contributed by atoms with E-state index in [4.69, 9.17) is 0 Å². The second kappa shape index (κ2) is 8.03. The molecule has 1 unspecified atom stereocenters. The third kappa shape index (κ3) is 6.80. The van der Waals surface area contributed by atoms with Gasteiger partial charge in [-0.05, 0) is 19.4 Å². The topological polar surface area (TPSA) is 56.7 Å². The average molecular weight is 317 g/mol. The van der Waals surface area contributed by atoms with E-state index in [1.165, 1.54) is 0 Å². The first-order valence-corrected chi connectivity index (χ1v) is 7.11.